The molecule has 114 valence electrons. The molecular weight excluding hydrogens is 282 g/mol. The zero-order valence-corrected chi connectivity index (χ0v) is 12.4. The lowest BCUT2D eigenvalue weighted by molar-refractivity contribution is -0.142. The first kappa shape index (κ1) is 13.5. The van der Waals surface area contributed by atoms with Gasteiger partial charge in [0.25, 0.3) is 0 Å². The van der Waals surface area contributed by atoms with Crippen molar-refractivity contribution in [2.24, 2.45) is 11.8 Å². The van der Waals surface area contributed by atoms with Crippen LogP contribution in [0.3, 0.4) is 0 Å². The van der Waals surface area contributed by atoms with E-state index in [0.29, 0.717) is 12.2 Å². The van der Waals surface area contributed by atoms with Crippen LogP contribution in [-0.2, 0) is 19.9 Å². The number of anilines is 1. The topological polar surface area (TPSA) is 78.5 Å². The largest absolute Gasteiger partial charge is 0.324 e. The van der Waals surface area contributed by atoms with Crippen LogP contribution in [0.5, 0.6) is 0 Å². The van der Waals surface area contributed by atoms with E-state index in [2.05, 4.69) is 10.6 Å². The minimum atomic E-state index is -1.13. The third-order valence-corrected chi connectivity index (χ3v) is 5.18. The second-order valence-corrected chi connectivity index (χ2v) is 6.16. The van der Waals surface area contributed by atoms with E-state index in [4.69, 9.17) is 0 Å². The van der Waals surface area contributed by atoms with E-state index in [-0.39, 0.29) is 23.8 Å². The molecule has 2 N–H and O–H groups in total. The molecule has 6 heteroatoms. The first-order chi connectivity index (χ1) is 10.5. The van der Waals surface area contributed by atoms with Crippen molar-refractivity contribution < 1.29 is 14.4 Å². The summed E-state index contributed by atoms with van der Waals surface area (Å²) in [5, 5.41) is 6.11. The van der Waals surface area contributed by atoms with Gasteiger partial charge in [0.05, 0.1) is 11.8 Å². The predicted octanol–water partition coefficient (Wildman–Crippen LogP) is 0.447. The predicted molar refractivity (Wildman–Crippen MR) is 78.7 cm³/mol. The van der Waals surface area contributed by atoms with Gasteiger partial charge in [-0.2, -0.15) is 0 Å². The van der Waals surface area contributed by atoms with Crippen molar-refractivity contribution in [2.75, 3.05) is 11.9 Å². The highest BCUT2D eigenvalue weighted by Crippen LogP contribution is 2.52. The number of likely N-dealkylation sites (tertiary alicyclic amines) is 1. The third-order valence-electron chi connectivity index (χ3n) is 5.18. The molecule has 3 aliphatic rings. The molecule has 6 nitrogen and oxygen atoms in total. The van der Waals surface area contributed by atoms with Gasteiger partial charge in [-0.05, 0) is 19.9 Å². The number of carbonyl (C=O) groups is 3. The van der Waals surface area contributed by atoms with E-state index >= 15 is 0 Å². The molecule has 1 spiro atoms. The van der Waals surface area contributed by atoms with Crippen LogP contribution in [0.2, 0.25) is 0 Å². The number of fused-ring (bicyclic) bond motifs is 4. The van der Waals surface area contributed by atoms with Gasteiger partial charge >= 0.3 is 0 Å². The van der Waals surface area contributed by atoms with Gasteiger partial charge in [0.2, 0.25) is 17.7 Å². The average Bonchev–Trinajstić information content (AvgIpc) is 3.05. The van der Waals surface area contributed by atoms with E-state index in [9.17, 15) is 14.4 Å². The van der Waals surface area contributed by atoms with Crippen LogP contribution in [-0.4, -0.2) is 35.2 Å². The lowest BCUT2D eigenvalue weighted by Gasteiger charge is -2.28. The summed E-state index contributed by atoms with van der Waals surface area (Å²) in [5.41, 5.74) is 0.346. The molecule has 3 heterocycles. The Hall–Kier alpha value is -2.21. The Morgan fingerprint density at radius 3 is 2.64 bits per heavy atom. The number of benzene rings is 1. The zero-order chi connectivity index (χ0) is 15.6. The van der Waals surface area contributed by atoms with Gasteiger partial charge < -0.3 is 5.32 Å². The summed E-state index contributed by atoms with van der Waals surface area (Å²) >= 11 is 0. The van der Waals surface area contributed by atoms with E-state index in [1.165, 1.54) is 4.90 Å². The van der Waals surface area contributed by atoms with Gasteiger partial charge in [0.1, 0.15) is 5.54 Å². The number of nitrogens with one attached hydrogen (secondary N) is 2. The summed E-state index contributed by atoms with van der Waals surface area (Å²) in [6.07, 6.45) is 0. The summed E-state index contributed by atoms with van der Waals surface area (Å²) in [5.74, 6) is -1.82. The first-order valence-electron chi connectivity index (χ1n) is 7.56. The van der Waals surface area contributed by atoms with E-state index in [1.54, 1.807) is 6.92 Å². The molecule has 2 saturated heterocycles. The Balaban J connectivity index is 1.92. The maximum atomic E-state index is 12.8. The highest BCUT2D eigenvalue weighted by atomic mass is 16.2. The van der Waals surface area contributed by atoms with Crippen LogP contribution in [0.1, 0.15) is 19.4 Å². The minimum Gasteiger partial charge on any atom is -0.324 e. The molecule has 0 saturated carbocycles. The fourth-order valence-electron chi connectivity index (χ4n) is 4.29. The minimum absolute atomic E-state index is 0.174. The molecule has 1 aromatic carbocycles. The zero-order valence-electron chi connectivity index (χ0n) is 12.4. The van der Waals surface area contributed by atoms with Gasteiger partial charge in [0, 0.05) is 23.8 Å². The Labute approximate surface area is 127 Å². The molecule has 4 rings (SSSR count). The normalized spacial score (nSPS) is 36.0. The SMILES string of the molecule is CCN1C(=O)[C@H]2[C@H](C)N[C@@]3(C(=O)Nc4ccccc43)[C@@H]2C1=O. The standard InChI is InChI=1S/C16H17N3O3/c1-3-19-13(20)11-8(2)18-16(12(11)14(19)21)9-6-4-5-7-10(9)17-15(16)22/h4-8,11-12,18H,3H2,1-2H3,(H,17,22)/t8-,11-,12-,16+/m0/s1. The lowest BCUT2D eigenvalue weighted by atomic mass is 9.76. The summed E-state index contributed by atoms with van der Waals surface area (Å²) < 4.78 is 0. The number of hydrogen-bond donors (Lipinski definition) is 2. The van der Waals surface area contributed by atoms with Crippen LogP contribution in [0.4, 0.5) is 5.69 Å². The molecule has 0 unspecified atom stereocenters. The number of amides is 3. The van der Waals surface area contributed by atoms with Crippen LogP contribution < -0.4 is 10.6 Å². The van der Waals surface area contributed by atoms with Crippen molar-refractivity contribution in [1.82, 2.24) is 10.2 Å². The molecule has 3 aliphatic heterocycles. The number of para-hydroxylation sites is 1. The van der Waals surface area contributed by atoms with Crippen LogP contribution in [0, 0.1) is 11.8 Å². The van der Waals surface area contributed by atoms with Crippen LogP contribution >= 0.6 is 0 Å². The van der Waals surface area contributed by atoms with Gasteiger partial charge in [-0.1, -0.05) is 18.2 Å². The molecular formula is C16H17N3O3. The van der Waals surface area contributed by atoms with E-state index in [1.807, 2.05) is 31.2 Å². The Bertz CT molecular complexity index is 716. The first-order valence-corrected chi connectivity index (χ1v) is 7.56. The fourth-order valence-corrected chi connectivity index (χ4v) is 4.29. The van der Waals surface area contributed by atoms with Crippen molar-refractivity contribution in [1.29, 1.82) is 0 Å². The highest BCUT2D eigenvalue weighted by Gasteiger charge is 2.69. The number of rotatable bonds is 1. The van der Waals surface area contributed by atoms with Gasteiger partial charge in [0.15, 0.2) is 0 Å². The second kappa shape index (κ2) is 4.16. The fraction of sp³-hybridized carbons (Fsp3) is 0.438. The Morgan fingerprint density at radius 1 is 1.18 bits per heavy atom. The summed E-state index contributed by atoms with van der Waals surface area (Å²) in [6, 6.07) is 7.13. The van der Waals surface area contributed by atoms with Crippen molar-refractivity contribution in [2.45, 2.75) is 25.4 Å². The Kier molecular flexibility index (Phi) is 2.55. The molecule has 0 aliphatic carbocycles. The van der Waals surface area contributed by atoms with Crippen molar-refractivity contribution in [3.8, 4) is 0 Å². The van der Waals surface area contributed by atoms with Gasteiger partial charge in [-0.15, -0.1) is 0 Å². The van der Waals surface area contributed by atoms with Gasteiger partial charge in [-0.3, -0.25) is 24.6 Å². The number of carbonyl (C=O) groups excluding carboxylic acids is 3. The maximum Gasteiger partial charge on any atom is 0.250 e. The molecule has 3 amide bonds. The molecule has 2 fully saturated rings. The summed E-state index contributed by atoms with van der Waals surface area (Å²) in [4.78, 5) is 39.3. The molecule has 1 aromatic rings. The molecule has 22 heavy (non-hydrogen) atoms. The van der Waals surface area contributed by atoms with Crippen LogP contribution in [0.25, 0.3) is 0 Å². The summed E-state index contributed by atoms with van der Waals surface area (Å²) in [7, 11) is 0. The number of hydrogen-bond acceptors (Lipinski definition) is 4. The number of imide groups is 1. The molecule has 4 atom stereocenters. The third kappa shape index (κ3) is 1.31. The van der Waals surface area contributed by atoms with Crippen molar-refractivity contribution in [3.63, 3.8) is 0 Å². The second-order valence-electron chi connectivity index (χ2n) is 6.16. The Morgan fingerprint density at radius 2 is 1.91 bits per heavy atom. The van der Waals surface area contributed by atoms with Gasteiger partial charge in [-0.25, -0.2) is 0 Å². The smallest absolute Gasteiger partial charge is 0.250 e. The van der Waals surface area contributed by atoms with E-state index in [0.717, 1.165) is 5.56 Å². The summed E-state index contributed by atoms with van der Waals surface area (Å²) in [6.45, 7) is 3.99. The van der Waals surface area contributed by atoms with Crippen molar-refractivity contribution in [3.05, 3.63) is 29.8 Å². The van der Waals surface area contributed by atoms with Crippen LogP contribution in [0.15, 0.2) is 24.3 Å². The molecule has 0 radical (unpaired) electrons. The maximum absolute atomic E-state index is 12.8. The van der Waals surface area contributed by atoms with E-state index < -0.39 is 17.4 Å². The quantitative estimate of drug-likeness (QED) is 0.738. The average molecular weight is 299 g/mol. The molecule has 0 bridgehead atoms. The monoisotopic (exact) mass is 299 g/mol. The lowest BCUT2D eigenvalue weighted by Crippen LogP contribution is -2.52. The number of nitrogens with zero attached hydrogens (tertiary/aromatic N) is 1. The van der Waals surface area contributed by atoms with Crippen molar-refractivity contribution >= 4 is 23.4 Å². The molecule has 0 aromatic heterocycles. The highest BCUT2D eigenvalue weighted by molar-refractivity contribution is 6.15.